The van der Waals surface area contributed by atoms with Crippen LogP contribution in [0.5, 0.6) is 0 Å². The van der Waals surface area contributed by atoms with Crippen molar-refractivity contribution in [3.63, 3.8) is 0 Å². The number of hydrogen-bond acceptors (Lipinski definition) is 3. The second kappa shape index (κ2) is 2.17. The maximum absolute atomic E-state index is 11.2. The highest BCUT2D eigenvalue weighted by Crippen LogP contribution is 2.11. The highest BCUT2D eigenvalue weighted by atomic mass is 32.1. The van der Waals surface area contributed by atoms with Crippen molar-refractivity contribution in [2.24, 2.45) is 0 Å². The van der Waals surface area contributed by atoms with Gasteiger partial charge in [-0.2, -0.15) is 0 Å². The van der Waals surface area contributed by atoms with Gasteiger partial charge in [-0.25, -0.2) is 4.98 Å². The molecule has 2 rings (SSSR count). The van der Waals surface area contributed by atoms with Crippen molar-refractivity contribution in [2.75, 3.05) is 0 Å². The smallest absolute Gasteiger partial charge is 0.259 e. The van der Waals surface area contributed by atoms with Gasteiger partial charge >= 0.3 is 0 Å². The van der Waals surface area contributed by atoms with Crippen molar-refractivity contribution in [3.8, 4) is 0 Å². The number of nitrogens with one attached hydrogen (secondary N) is 1. The van der Waals surface area contributed by atoms with Gasteiger partial charge in [0.15, 0.2) is 0 Å². The van der Waals surface area contributed by atoms with Gasteiger partial charge in [-0.1, -0.05) is 0 Å². The van der Waals surface area contributed by atoms with Crippen molar-refractivity contribution in [3.05, 3.63) is 26.9 Å². The zero-order chi connectivity index (χ0) is 7.84. The topological polar surface area (TPSA) is 45.8 Å². The van der Waals surface area contributed by atoms with E-state index >= 15 is 0 Å². The summed E-state index contributed by atoms with van der Waals surface area (Å²) in [7, 11) is 0. The second-order valence-electron chi connectivity index (χ2n) is 2.32. The maximum atomic E-state index is 11.2. The lowest BCUT2D eigenvalue weighted by molar-refractivity contribution is 1.06. The molecule has 0 bridgehead atoms. The number of H-pyrrole nitrogens is 1. The third kappa shape index (κ3) is 0.952. The molecule has 0 aromatic carbocycles. The van der Waals surface area contributed by atoms with Crippen LogP contribution in [0.3, 0.4) is 0 Å². The number of aromatic amines is 1. The predicted molar refractivity (Wildman–Crippen MR) is 45.0 cm³/mol. The number of thiophene rings is 1. The first-order valence-corrected chi connectivity index (χ1v) is 4.14. The van der Waals surface area contributed by atoms with Crippen molar-refractivity contribution in [1.29, 1.82) is 0 Å². The van der Waals surface area contributed by atoms with Crippen LogP contribution in [0.1, 0.15) is 5.82 Å². The number of rotatable bonds is 0. The summed E-state index contributed by atoms with van der Waals surface area (Å²) in [5.74, 6) is 0.668. The van der Waals surface area contributed by atoms with Crippen molar-refractivity contribution >= 4 is 22.2 Å². The van der Waals surface area contributed by atoms with E-state index in [1.807, 2.05) is 5.38 Å². The average Bonchev–Trinajstić information content (AvgIpc) is 2.34. The first kappa shape index (κ1) is 6.54. The lowest BCUT2D eigenvalue weighted by Gasteiger charge is -1.90. The Hall–Kier alpha value is -1.16. The first-order valence-electron chi connectivity index (χ1n) is 3.20. The van der Waals surface area contributed by atoms with E-state index in [9.17, 15) is 4.79 Å². The van der Waals surface area contributed by atoms with Crippen LogP contribution in [0.2, 0.25) is 0 Å². The third-order valence-electron chi connectivity index (χ3n) is 1.47. The van der Waals surface area contributed by atoms with E-state index < -0.39 is 0 Å². The van der Waals surface area contributed by atoms with E-state index in [-0.39, 0.29) is 5.56 Å². The van der Waals surface area contributed by atoms with E-state index in [1.54, 1.807) is 12.3 Å². The summed E-state index contributed by atoms with van der Waals surface area (Å²) in [4.78, 5) is 18.0. The molecule has 0 fully saturated rings. The zero-order valence-electron chi connectivity index (χ0n) is 5.92. The number of fused-ring (bicyclic) bond motifs is 1. The predicted octanol–water partition coefficient (Wildman–Crippen LogP) is 1.29. The molecule has 2 heterocycles. The molecule has 0 aliphatic heterocycles. The highest BCUT2D eigenvalue weighted by Gasteiger charge is 1.99. The summed E-state index contributed by atoms with van der Waals surface area (Å²) in [5, 5.41) is 4.36. The van der Waals surface area contributed by atoms with Gasteiger partial charge in [-0.3, -0.25) is 4.79 Å². The zero-order valence-corrected chi connectivity index (χ0v) is 6.73. The van der Waals surface area contributed by atoms with E-state index in [2.05, 4.69) is 9.97 Å². The Morgan fingerprint density at radius 1 is 1.55 bits per heavy atom. The van der Waals surface area contributed by atoms with Gasteiger partial charge in [0.2, 0.25) is 0 Å². The van der Waals surface area contributed by atoms with Crippen LogP contribution in [-0.2, 0) is 0 Å². The Balaban J connectivity index is 3.02. The van der Waals surface area contributed by atoms with Gasteiger partial charge < -0.3 is 4.98 Å². The second-order valence-corrected chi connectivity index (χ2v) is 3.07. The van der Waals surface area contributed by atoms with Crippen LogP contribution >= 0.6 is 11.3 Å². The van der Waals surface area contributed by atoms with Crippen LogP contribution in [0.15, 0.2) is 15.6 Å². The van der Waals surface area contributed by atoms with Crippen LogP contribution < -0.4 is 5.56 Å². The molecule has 0 radical (unpaired) electrons. The van der Waals surface area contributed by atoms with Crippen molar-refractivity contribution in [2.45, 2.75) is 6.92 Å². The molecule has 0 atom stereocenters. The summed E-state index contributed by atoms with van der Waals surface area (Å²) >= 11 is 1.49. The molecule has 56 valence electrons. The van der Waals surface area contributed by atoms with Gasteiger partial charge in [-0.05, 0) is 6.92 Å². The van der Waals surface area contributed by atoms with Crippen LogP contribution in [0.4, 0.5) is 0 Å². The van der Waals surface area contributed by atoms with Gasteiger partial charge in [-0.15, -0.1) is 11.3 Å². The van der Waals surface area contributed by atoms with E-state index in [1.165, 1.54) is 11.3 Å². The average molecular weight is 166 g/mol. The largest absolute Gasteiger partial charge is 0.310 e. The molecule has 2 aromatic rings. The summed E-state index contributed by atoms with van der Waals surface area (Å²) in [6.07, 6.45) is 0. The maximum Gasteiger partial charge on any atom is 0.259 e. The summed E-state index contributed by atoms with van der Waals surface area (Å²) in [5.41, 5.74) is 0.741. The van der Waals surface area contributed by atoms with Crippen molar-refractivity contribution < 1.29 is 0 Å². The molecule has 11 heavy (non-hydrogen) atoms. The molecule has 0 unspecified atom stereocenters. The Morgan fingerprint density at radius 2 is 2.36 bits per heavy atom. The van der Waals surface area contributed by atoms with Crippen molar-refractivity contribution in [1.82, 2.24) is 9.97 Å². The summed E-state index contributed by atoms with van der Waals surface area (Å²) < 4.78 is 0. The Kier molecular flexibility index (Phi) is 1.29. The Bertz CT molecular complexity index is 443. The van der Waals surface area contributed by atoms with Crippen LogP contribution in [-0.4, -0.2) is 9.97 Å². The monoisotopic (exact) mass is 166 g/mol. The first-order chi connectivity index (χ1) is 5.27. The van der Waals surface area contributed by atoms with E-state index in [0.29, 0.717) is 11.2 Å². The minimum absolute atomic E-state index is 0.0475. The number of aromatic nitrogens is 2. The molecule has 0 saturated carbocycles. The molecule has 3 nitrogen and oxygen atoms in total. The lowest BCUT2D eigenvalue weighted by Crippen LogP contribution is -2.07. The van der Waals surface area contributed by atoms with Gasteiger partial charge in [0, 0.05) is 10.8 Å². The van der Waals surface area contributed by atoms with E-state index in [4.69, 9.17) is 0 Å². The minimum atomic E-state index is -0.0475. The normalized spacial score (nSPS) is 10.6. The quantitative estimate of drug-likeness (QED) is 0.641. The SMILES string of the molecule is Cc1nc2cscc2c(=O)[nH]1. The Morgan fingerprint density at radius 3 is 3.18 bits per heavy atom. The van der Waals surface area contributed by atoms with Gasteiger partial charge in [0.05, 0.1) is 10.9 Å². The standard InChI is InChI=1S/C7H6N2OS/c1-4-8-6-3-11-2-5(6)7(10)9-4/h2-3H,1H3,(H,8,9,10). The van der Waals surface area contributed by atoms with E-state index in [0.717, 1.165) is 5.52 Å². The molecule has 4 heteroatoms. The lowest BCUT2D eigenvalue weighted by atomic mass is 10.4. The summed E-state index contributed by atoms with van der Waals surface area (Å²) in [6, 6.07) is 0. The number of aryl methyl sites for hydroxylation is 1. The van der Waals surface area contributed by atoms with Crippen LogP contribution in [0, 0.1) is 6.92 Å². The molecular weight excluding hydrogens is 160 g/mol. The molecule has 0 amide bonds. The molecule has 0 aliphatic rings. The minimum Gasteiger partial charge on any atom is -0.310 e. The number of hydrogen-bond donors (Lipinski definition) is 1. The van der Waals surface area contributed by atoms with Crippen LogP contribution in [0.25, 0.3) is 10.9 Å². The fraction of sp³-hybridized carbons (Fsp3) is 0.143. The van der Waals surface area contributed by atoms with Gasteiger partial charge in [0.1, 0.15) is 5.82 Å². The third-order valence-corrected chi connectivity index (χ3v) is 2.20. The Labute approximate surface area is 66.7 Å². The molecular formula is C7H6N2OS. The molecule has 2 aromatic heterocycles. The van der Waals surface area contributed by atoms with Gasteiger partial charge in [0.25, 0.3) is 5.56 Å². The molecule has 1 N–H and O–H groups in total. The molecule has 0 aliphatic carbocycles. The fourth-order valence-corrected chi connectivity index (χ4v) is 1.73. The summed E-state index contributed by atoms with van der Waals surface area (Å²) in [6.45, 7) is 1.78. The molecule has 0 saturated heterocycles. The molecule has 0 spiro atoms. The number of nitrogens with zero attached hydrogens (tertiary/aromatic N) is 1. The fourth-order valence-electron chi connectivity index (χ4n) is 0.987. The highest BCUT2D eigenvalue weighted by molar-refractivity contribution is 7.09.